The maximum Gasteiger partial charge on any atom is 0.339 e. The molecule has 0 aliphatic heterocycles. The van der Waals surface area contributed by atoms with Gasteiger partial charge in [-0.1, -0.05) is 17.9 Å². The van der Waals surface area contributed by atoms with Crippen molar-refractivity contribution in [2.24, 2.45) is 0 Å². The minimum Gasteiger partial charge on any atom is -0.449 e. The van der Waals surface area contributed by atoms with E-state index in [4.69, 9.17) is 4.74 Å². The first-order valence-electron chi connectivity index (χ1n) is 5.13. The highest BCUT2D eigenvalue weighted by atomic mass is 127. The van der Waals surface area contributed by atoms with E-state index in [2.05, 4.69) is 34.4 Å². The summed E-state index contributed by atoms with van der Waals surface area (Å²) in [6.45, 7) is 0.804. The summed E-state index contributed by atoms with van der Waals surface area (Å²) in [4.78, 5) is 13.5. The van der Waals surface area contributed by atoms with Gasteiger partial charge in [-0.3, -0.25) is 4.90 Å². The SMILES string of the molecule is CN(C)CC#CCOC(=O)c1cccc(I)c1. The van der Waals surface area contributed by atoms with Crippen LogP contribution >= 0.6 is 22.6 Å². The summed E-state index contributed by atoms with van der Waals surface area (Å²) in [6.07, 6.45) is 0. The number of hydrogen-bond acceptors (Lipinski definition) is 3. The van der Waals surface area contributed by atoms with E-state index < -0.39 is 0 Å². The molecular formula is C13H14INO2. The monoisotopic (exact) mass is 343 g/mol. The Labute approximate surface area is 115 Å². The predicted molar refractivity (Wildman–Crippen MR) is 75.8 cm³/mol. The molecule has 4 heteroatoms. The van der Waals surface area contributed by atoms with Gasteiger partial charge in [-0.2, -0.15) is 0 Å². The molecule has 0 aromatic heterocycles. The van der Waals surface area contributed by atoms with Crippen LogP contribution in [0.25, 0.3) is 0 Å². The van der Waals surface area contributed by atoms with Gasteiger partial charge in [-0.25, -0.2) is 4.79 Å². The van der Waals surface area contributed by atoms with Gasteiger partial charge in [-0.15, -0.1) is 0 Å². The zero-order chi connectivity index (χ0) is 12.7. The number of hydrogen-bond donors (Lipinski definition) is 0. The predicted octanol–water partition coefficient (Wildman–Crippen LogP) is 2.01. The normalized spacial score (nSPS) is 9.65. The van der Waals surface area contributed by atoms with Crippen LogP contribution in [0.4, 0.5) is 0 Å². The molecule has 0 aliphatic carbocycles. The van der Waals surface area contributed by atoms with E-state index in [9.17, 15) is 4.79 Å². The van der Waals surface area contributed by atoms with Crippen LogP contribution in [-0.4, -0.2) is 38.1 Å². The molecule has 0 amide bonds. The summed E-state index contributed by atoms with van der Waals surface area (Å²) < 4.78 is 6.04. The number of nitrogens with zero attached hydrogens (tertiary/aromatic N) is 1. The Morgan fingerprint density at radius 1 is 1.41 bits per heavy atom. The van der Waals surface area contributed by atoms with Gasteiger partial charge in [0.1, 0.15) is 0 Å². The van der Waals surface area contributed by atoms with Crippen molar-refractivity contribution in [2.75, 3.05) is 27.2 Å². The lowest BCUT2D eigenvalue weighted by atomic mass is 10.2. The van der Waals surface area contributed by atoms with Crippen molar-refractivity contribution in [3.05, 3.63) is 33.4 Å². The molecule has 0 saturated heterocycles. The van der Waals surface area contributed by atoms with E-state index in [1.807, 2.05) is 31.1 Å². The molecule has 0 unspecified atom stereocenters. The minimum atomic E-state index is -0.331. The van der Waals surface area contributed by atoms with Crippen molar-refractivity contribution in [3.63, 3.8) is 0 Å². The van der Waals surface area contributed by atoms with Crippen LogP contribution in [-0.2, 0) is 4.74 Å². The third-order valence-corrected chi connectivity index (χ3v) is 2.53. The van der Waals surface area contributed by atoms with Crippen LogP contribution in [0.1, 0.15) is 10.4 Å². The molecule has 0 atom stereocenters. The Balaban J connectivity index is 2.42. The quantitative estimate of drug-likeness (QED) is 0.478. The van der Waals surface area contributed by atoms with Gasteiger partial charge < -0.3 is 4.74 Å². The molecule has 3 nitrogen and oxygen atoms in total. The van der Waals surface area contributed by atoms with E-state index in [0.29, 0.717) is 12.1 Å². The molecular weight excluding hydrogens is 329 g/mol. The molecule has 0 fully saturated rings. The van der Waals surface area contributed by atoms with Gasteiger partial charge in [0.05, 0.1) is 12.1 Å². The third-order valence-electron chi connectivity index (χ3n) is 1.86. The first-order chi connectivity index (χ1) is 8.09. The molecule has 0 bridgehead atoms. The Hall–Kier alpha value is -1.06. The van der Waals surface area contributed by atoms with Crippen molar-refractivity contribution >= 4 is 28.6 Å². The topological polar surface area (TPSA) is 29.5 Å². The highest BCUT2D eigenvalue weighted by molar-refractivity contribution is 14.1. The van der Waals surface area contributed by atoms with Gasteiger partial charge in [0.25, 0.3) is 0 Å². The molecule has 90 valence electrons. The second-order valence-corrected chi connectivity index (χ2v) is 4.92. The van der Waals surface area contributed by atoms with Crippen molar-refractivity contribution in [1.82, 2.24) is 4.90 Å². The number of carbonyl (C=O) groups is 1. The average molecular weight is 343 g/mol. The lowest BCUT2D eigenvalue weighted by molar-refractivity contribution is 0.0556. The van der Waals surface area contributed by atoms with Crippen LogP contribution in [0.15, 0.2) is 24.3 Å². The fourth-order valence-electron chi connectivity index (χ4n) is 1.07. The van der Waals surface area contributed by atoms with Gasteiger partial charge >= 0.3 is 5.97 Å². The number of ether oxygens (including phenoxy) is 1. The molecule has 1 aromatic rings. The summed E-state index contributed by atoms with van der Waals surface area (Å²) in [7, 11) is 3.87. The second-order valence-electron chi connectivity index (χ2n) is 3.68. The standard InChI is InChI=1S/C13H14INO2/c1-15(2)8-3-4-9-17-13(16)11-6-5-7-12(14)10-11/h5-7,10H,8-9H2,1-2H3. The molecule has 1 aromatic carbocycles. The number of esters is 1. The van der Waals surface area contributed by atoms with E-state index in [1.165, 1.54) is 0 Å². The molecule has 0 radical (unpaired) electrons. The van der Waals surface area contributed by atoms with E-state index >= 15 is 0 Å². The lowest BCUT2D eigenvalue weighted by Gasteiger charge is -2.02. The van der Waals surface area contributed by atoms with Crippen molar-refractivity contribution in [1.29, 1.82) is 0 Å². The number of benzene rings is 1. The van der Waals surface area contributed by atoms with E-state index in [-0.39, 0.29) is 12.6 Å². The zero-order valence-electron chi connectivity index (χ0n) is 9.87. The van der Waals surface area contributed by atoms with Gasteiger partial charge in [0.2, 0.25) is 0 Å². The minimum absolute atomic E-state index is 0.137. The third kappa shape index (κ3) is 5.71. The van der Waals surface area contributed by atoms with Crippen LogP contribution in [0, 0.1) is 15.4 Å². The number of rotatable bonds is 3. The van der Waals surface area contributed by atoms with Crippen LogP contribution in [0.2, 0.25) is 0 Å². The summed E-state index contributed by atoms with van der Waals surface area (Å²) >= 11 is 2.16. The fraction of sp³-hybridized carbons (Fsp3) is 0.308. The number of halogens is 1. The average Bonchev–Trinajstić information content (AvgIpc) is 2.28. The molecule has 0 N–H and O–H groups in total. The van der Waals surface area contributed by atoms with Gasteiger partial charge in [0.15, 0.2) is 6.61 Å². The molecule has 1 rings (SSSR count). The summed E-state index contributed by atoms with van der Waals surface area (Å²) in [5.41, 5.74) is 0.561. The van der Waals surface area contributed by atoms with Crippen molar-refractivity contribution in [2.45, 2.75) is 0 Å². The molecule has 17 heavy (non-hydrogen) atoms. The van der Waals surface area contributed by atoms with Crippen LogP contribution in [0.5, 0.6) is 0 Å². The summed E-state index contributed by atoms with van der Waals surface area (Å²) in [5, 5.41) is 0. The Morgan fingerprint density at radius 2 is 2.18 bits per heavy atom. The molecule has 0 aliphatic rings. The highest BCUT2D eigenvalue weighted by Gasteiger charge is 2.05. The van der Waals surface area contributed by atoms with Crippen molar-refractivity contribution in [3.8, 4) is 11.8 Å². The second kappa shape index (κ2) is 7.30. The van der Waals surface area contributed by atoms with E-state index in [1.54, 1.807) is 12.1 Å². The fourth-order valence-corrected chi connectivity index (χ4v) is 1.61. The Kier molecular flexibility index (Phi) is 6.01. The molecule has 0 spiro atoms. The largest absolute Gasteiger partial charge is 0.449 e. The number of carbonyl (C=O) groups excluding carboxylic acids is 1. The smallest absolute Gasteiger partial charge is 0.339 e. The lowest BCUT2D eigenvalue weighted by Crippen LogP contribution is -2.11. The van der Waals surface area contributed by atoms with E-state index in [0.717, 1.165) is 3.57 Å². The van der Waals surface area contributed by atoms with Crippen LogP contribution < -0.4 is 0 Å². The zero-order valence-corrected chi connectivity index (χ0v) is 12.0. The summed E-state index contributed by atoms with van der Waals surface area (Å²) in [5.74, 6) is 5.36. The first kappa shape index (κ1) is 14.0. The molecule has 0 saturated carbocycles. The highest BCUT2D eigenvalue weighted by Crippen LogP contribution is 2.08. The maximum absolute atomic E-state index is 11.6. The Morgan fingerprint density at radius 3 is 2.82 bits per heavy atom. The van der Waals surface area contributed by atoms with Crippen LogP contribution in [0.3, 0.4) is 0 Å². The van der Waals surface area contributed by atoms with Gasteiger partial charge in [0, 0.05) is 3.57 Å². The van der Waals surface area contributed by atoms with Crippen molar-refractivity contribution < 1.29 is 9.53 Å². The first-order valence-corrected chi connectivity index (χ1v) is 6.20. The summed E-state index contributed by atoms with van der Waals surface area (Å²) in [6, 6.07) is 7.28. The Bertz CT molecular complexity index is 446. The van der Waals surface area contributed by atoms with Gasteiger partial charge in [-0.05, 0) is 54.9 Å². The molecule has 0 heterocycles. The maximum atomic E-state index is 11.6.